The van der Waals surface area contributed by atoms with Gasteiger partial charge in [-0.1, -0.05) is 36.4 Å². The van der Waals surface area contributed by atoms with E-state index in [2.05, 4.69) is 10.4 Å². The number of hydrogen-bond donors (Lipinski definition) is 1. The lowest BCUT2D eigenvalue weighted by molar-refractivity contribution is 0.0772. The van der Waals surface area contributed by atoms with E-state index in [1.807, 2.05) is 58.2 Å². The van der Waals surface area contributed by atoms with Crippen LogP contribution in [0.5, 0.6) is 0 Å². The zero-order chi connectivity index (χ0) is 23.5. The quantitative estimate of drug-likeness (QED) is 0.471. The van der Waals surface area contributed by atoms with Gasteiger partial charge in [-0.15, -0.1) is 0 Å². The van der Waals surface area contributed by atoms with Crippen LogP contribution in [0.4, 0.5) is 5.69 Å². The van der Waals surface area contributed by atoms with Gasteiger partial charge in [-0.05, 0) is 45.0 Å². The number of aryl methyl sites for hydroxylation is 2. The van der Waals surface area contributed by atoms with E-state index in [0.717, 1.165) is 11.3 Å². The maximum atomic E-state index is 13.4. The lowest BCUT2D eigenvalue weighted by Gasteiger charge is -2.19. The maximum absolute atomic E-state index is 13.4. The van der Waals surface area contributed by atoms with E-state index >= 15 is 0 Å². The molecule has 0 spiro atoms. The van der Waals surface area contributed by atoms with Gasteiger partial charge in [-0.3, -0.25) is 14.3 Å². The van der Waals surface area contributed by atoms with Crippen molar-refractivity contribution in [2.75, 3.05) is 18.4 Å². The first kappa shape index (κ1) is 22.2. The van der Waals surface area contributed by atoms with Gasteiger partial charge >= 0.3 is 0 Å². The fourth-order valence-electron chi connectivity index (χ4n) is 4.00. The zero-order valence-corrected chi connectivity index (χ0v) is 19.3. The average molecular weight is 442 g/mol. The number of hydrogen-bond acceptors (Lipinski definition) is 4. The summed E-state index contributed by atoms with van der Waals surface area (Å²) in [5.41, 5.74) is 4.58. The van der Waals surface area contributed by atoms with Crippen LogP contribution in [0.2, 0.25) is 0 Å². The second kappa shape index (κ2) is 9.24. The number of fused-ring (bicyclic) bond motifs is 1. The molecule has 1 N–H and O–H groups in total. The first-order valence-electron chi connectivity index (χ1n) is 11.0. The van der Waals surface area contributed by atoms with Crippen LogP contribution in [0.3, 0.4) is 0 Å². The Morgan fingerprint density at radius 2 is 1.73 bits per heavy atom. The third kappa shape index (κ3) is 4.35. The predicted octanol–water partition coefficient (Wildman–Crippen LogP) is 4.68. The summed E-state index contributed by atoms with van der Waals surface area (Å²) in [6, 6.07) is 18.6. The third-order valence-electron chi connectivity index (χ3n) is 5.70. The topological polar surface area (TPSA) is 80.1 Å². The minimum atomic E-state index is -0.275. The molecule has 33 heavy (non-hydrogen) atoms. The maximum Gasteiger partial charge on any atom is 0.256 e. The number of nitrogens with one attached hydrogen (secondary N) is 1. The van der Waals surface area contributed by atoms with Crippen molar-refractivity contribution in [1.82, 2.24) is 19.7 Å². The van der Waals surface area contributed by atoms with Crippen LogP contribution in [-0.2, 0) is 7.05 Å². The van der Waals surface area contributed by atoms with Crippen LogP contribution in [0.25, 0.3) is 22.3 Å². The number of carbonyl (C=O) groups is 2. The summed E-state index contributed by atoms with van der Waals surface area (Å²) in [4.78, 5) is 32.7. The molecule has 2 aromatic heterocycles. The van der Waals surface area contributed by atoms with E-state index in [0.29, 0.717) is 46.6 Å². The summed E-state index contributed by atoms with van der Waals surface area (Å²) in [6.45, 7) is 7.02. The first-order chi connectivity index (χ1) is 15.9. The predicted molar refractivity (Wildman–Crippen MR) is 130 cm³/mol. The lowest BCUT2D eigenvalue weighted by Crippen LogP contribution is -2.30. The molecule has 0 saturated carbocycles. The van der Waals surface area contributed by atoms with Gasteiger partial charge in [-0.2, -0.15) is 5.10 Å². The fraction of sp³-hybridized carbons (Fsp3) is 0.231. The molecule has 2 aromatic carbocycles. The van der Waals surface area contributed by atoms with Crippen molar-refractivity contribution in [2.45, 2.75) is 20.8 Å². The van der Waals surface area contributed by atoms with Crippen molar-refractivity contribution >= 4 is 28.5 Å². The number of carbonyl (C=O) groups excluding carboxylic acids is 2. The van der Waals surface area contributed by atoms with E-state index in [1.54, 1.807) is 39.9 Å². The van der Waals surface area contributed by atoms with Crippen LogP contribution >= 0.6 is 0 Å². The molecule has 0 bridgehead atoms. The lowest BCUT2D eigenvalue weighted by atomic mass is 10.0. The largest absolute Gasteiger partial charge is 0.339 e. The SMILES string of the molecule is CCN(CC)C(=O)c1cccc(NC(=O)c2cc(-c3ccccc3)nc3c2c(C)nn3C)c1. The zero-order valence-electron chi connectivity index (χ0n) is 19.3. The van der Waals surface area contributed by atoms with Crippen LogP contribution in [0, 0.1) is 6.92 Å². The molecule has 0 aliphatic carbocycles. The molecular formula is C26H27N5O2. The third-order valence-corrected chi connectivity index (χ3v) is 5.70. The highest BCUT2D eigenvalue weighted by atomic mass is 16.2. The standard InChI is InChI=1S/C26H27N5O2/c1-5-31(6-2)26(33)19-13-10-14-20(15-19)27-25(32)21-16-22(18-11-8-7-9-12-18)28-24-23(21)17(3)29-30(24)4/h7-16H,5-6H2,1-4H3,(H,27,32). The van der Waals surface area contributed by atoms with Gasteiger partial charge in [0, 0.05) is 37.0 Å². The molecule has 2 amide bonds. The van der Waals surface area contributed by atoms with E-state index < -0.39 is 0 Å². The van der Waals surface area contributed by atoms with Crippen LogP contribution in [-0.4, -0.2) is 44.6 Å². The minimum Gasteiger partial charge on any atom is -0.339 e. The summed E-state index contributed by atoms with van der Waals surface area (Å²) in [7, 11) is 1.82. The normalized spacial score (nSPS) is 10.9. The molecule has 0 fully saturated rings. The first-order valence-corrected chi connectivity index (χ1v) is 11.0. The van der Waals surface area contributed by atoms with Gasteiger partial charge in [0.05, 0.1) is 22.3 Å². The molecule has 7 nitrogen and oxygen atoms in total. The number of anilines is 1. The molecule has 168 valence electrons. The average Bonchev–Trinajstić information content (AvgIpc) is 3.13. The number of benzene rings is 2. The number of aromatic nitrogens is 3. The van der Waals surface area contributed by atoms with Crippen molar-refractivity contribution in [3.8, 4) is 11.3 Å². The Morgan fingerprint density at radius 1 is 1.00 bits per heavy atom. The number of rotatable bonds is 6. The molecule has 4 rings (SSSR count). The Labute approximate surface area is 193 Å². The Balaban J connectivity index is 1.73. The second-order valence-electron chi connectivity index (χ2n) is 7.84. The summed E-state index contributed by atoms with van der Waals surface area (Å²) >= 11 is 0. The van der Waals surface area contributed by atoms with Gasteiger partial charge in [0.2, 0.25) is 0 Å². The molecule has 2 heterocycles. The summed E-state index contributed by atoms with van der Waals surface area (Å²) < 4.78 is 1.69. The highest BCUT2D eigenvalue weighted by molar-refractivity contribution is 6.13. The van der Waals surface area contributed by atoms with Crippen molar-refractivity contribution in [3.63, 3.8) is 0 Å². The van der Waals surface area contributed by atoms with E-state index in [4.69, 9.17) is 4.98 Å². The fourth-order valence-corrected chi connectivity index (χ4v) is 4.00. The van der Waals surface area contributed by atoms with Crippen molar-refractivity contribution in [1.29, 1.82) is 0 Å². The van der Waals surface area contributed by atoms with Crippen LogP contribution < -0.4 is 5.32 Å². The Hall–Kier alpha value is -4.00. The summed E-state index contributed by atoms with van der Waals surface area (Å²) in [5, 5.41) is 8.15. The molecule has 4 aromatic rings. The van der Waals surface area contributed by atoms with E-state index in [9.17, 15) is 9.59 Å². The Bertz CT molecular complexity index is 1320. The molecular weight excluding hydrogens is 414 g/mol. The Kier molecular flexibility index (Phi) is 6.22. The van der Waals surface area contributed by atoms with Crippen molar-refractivity contribution < 1.29 is 9.59 Å². The van der Waals surface area contributed by atoms with Gasteiger partial charge in [0.25, 0.3) is 11.8 Å². The molecule has 0 radical (unpaired) electrons. The van der Waals surface area contributed by atoms with Gasteiger partial charge < -0.3 is 10.2 Å². The van der Waals surface area contributed by atoms with Crippen molar-refractivity contribution in [3.05, 3.63) is 77.5 Å². The minimum absolute atomic E-state index is 0.0585. The second-order valence-corrected chi connectivity index (χ2v) is 7.84. The summed E-state index contributed by atoms with van der Waals surface area (Å²) in [6.07, 6.45) is 0. The van der Waals surface area contributed by atoms with E-state index in [-0.39, 0.29) is 11.8 Å². The number of pyridine rings is 1. The number of nitrogens with zero attached hydrogens (tertiary/aromatic N) is 4. The monoisotopic (exact) mass is 441 g/mol. The smallest absolute Gasteiger partial charge is 0.256 e. The number of amides is 2. The summed E-state index contributed by atoms with van der Waals surface area (Å²) in [5.74, 6) is -0.333. The molecule has 0 atom stereocenters. The van der Waals surface area contributed by atoms with E-state index in [1.165, 1.54) is 0 Å². The molecule has 0 unspecified atom stereocenters. The molecule has 0 aliphatic rings. The highest BCUT2D eigenvalue weighted by Crippen LogP contribution is 2.27. The molecule has 0 saturated heterocycles. The van der Waals surface area contributed by atoms with Crippen molar-refractivity contribution in [2.24, 2.45) is 7.05 Å². The van der Waals surface area contributed by atoms with Crippen LogP contribution in [0.1, 0.15) is 40.3 Å². The van der Waals surface area contributed by atoms with Gasteiger partial charge in [-0.25, -0.2) is 4.98 Å². The van der Waals surface area contributed by atoms with Crippen LogP contribution in [0.15, 0.2) is 60.7 Å². The Morgan fingerprint density at radius 3 is 2.42 bits per heavy atom. The molecule has 7 heteroatoms. The molecule has 0 aliphatic heterocycles. The van der Waals surface area contributed by atoms with Gasteiger partial charge in [0.1, 0.15) is 0 Å². The highest BCUT2D eigenvalue weighted by Gasteiger charge is 2.20. The van der Waals surface area contributed by atoms with Gasteiger partial charge in [0.15, 0.2) is 5.65 Å².